The number of carbonyl (C=O) groups excluding carboxylic acids is 3. The molecule has 1 aromatic rings. The number of hydrogen-bond acceptors (Lipinski definition) is 5. The summed E-state index contributed by atoms with van der Waals surface area (Å²) < 4.78 is 5.46. The van der Waals surface area contributed by atoms with Gasteiger partial charge >= 0.3 is 6.09 Å². The van der Waals surface area contributed by atoms with Crippen LogP contribution in [0.2, 0.25) is 0 Å². The smallest absolute Gasteiger partial charge is 0.408 e. The molecule has 8 heteroatoms. The van der Waals surface area contributed by atoms with E-state index < -0.39 is 23.8 Å². The third-order valence-corrected chi connectivity index (χ3v) is 6.67. The monoisotopic (exact) mass is 547 g/mol. The van der Waals surface area contributed by atoms with E-state index in [0.717, 1.165) is 19.3 Å². The Morgan fingerprint density at radius 1 is 0.974 bits per heavy atom. The van der Waals surface area contributed by atoms with Crippen LogP contribution >= 0.6 is 0 Å². The first-order valence-electron chi connectivity index (χ1n) is 14.4. The van der Waals surface area contributed by atoms with Crippen molar-refractivity contribution in [3.63, 3.8) is 0 Å². The predicted molar refractivity (Wildman–Crippen MR) is 156 cm³/mol. The number of benzene rings is 1. The van der Waals surface area contributed by atoms with E-state index in [0.29, 0.717) is 23.5 Å². The van der Waals surface area contributed by atoms with Gasteiger partial charge in [-0.15, -0.1) is 0 Å². The Balaban J connectivity index is 3.67. The molecule has 0 saturated heterocycles. The van der Waals surface area contributed by atoms with E-state index in [-0.39, 0.29) is 35.6 Å². The van der Waals surface area contributed by atoms with Gasteiger partial charge < -0.3 is 25.4 Å². The molecule has 0 aliphatic rings. The largest absolute Gasteiger partial charge is 0.508 e. The molecule has 0 aliphatic carbocycles. The third-order valence-electron chi connectivity index (χ3n) is 6.67. The predicted octanol–water partition coefficient (Wildman–Crippen LogP) is 6.25. The number of alkyl carbamates (subject to hydrolysis) is 1. The quantitative estimate of drug-likeness (QED) is 0.271. The molecule has 0 radical (unpaired) electrons. The van der Waals surface area contributed by atoms with E-state index in [4.69, 9.17) is 4.74 Å². The van der Waals surface area contributed by atoms with Crippen molar-refractivity contribution in [1.29, 1.82) is 0 Å². The van der Waals surface area contributed by atoms with E-state index >= 15 is 0 Å². The lowest BCUT2D eigenvalue weighted by Crippen LogP contribution is -2.57. The molecule has 0 saturated carbocycles. The zero-order valence-electron chi connectivity index (χ0n) is 26.1. The molecule has 4 atom stereocenters. The van der Waals surface area contributed by atoms with Crippen molar-refractivity contribution in [2.24, 2.45) is 11.8 Å². The standard InChI is InChI=1S/C31H53N3O5/c1-12-13-22(7)32-28(36)27(24-16-17-25(35)21(6)18-24)34(23(8)15-14-19(2)3)29(37)26(20(4)5)33-30(38)39-31(9,10)11/h16-20,22-23,26-27,35H,12-15H2,1-11H3,(H,32,36)(H,33,38). The molecule has 1 rings (SSSR count). The van der Waals surface area contributed by atoms with Crippen LogP contribution in [0.15, 0.2) is 18.2 Å². The van der Waals surface area contributed by atoms with Crippen LogP contribution in [0.4, 0.5) is 4.79 Å². The molecule has 222 valence electrons. The summed E-state index contributed by atoms with van der Waals surface area (Å²) >= 11 is 0. The highest BCUT2D eigenvalue weighted by Gasteiger charge is 2.40. The first-order valence-corrected chi connectivity index (χ1v) is 14.4. The zero-order chi connectivity index (χ0) is 30.1. The van der Waals surface area contributed by atoms with Gasteiger partial charge in [0.05, 0.1) is 0 Å². The van der Waals surface area contributed by atoms with Crippen LogP contribution in [0, 0.1) is 18.8 Å². The number of nitrogens with zero attached hydrogens (tertiary/aromatic N) is 1. The van der Waals surface area contributed by atoms with E-state index in [1.54, 1.807) is 50.8 Å². The number of ether oxygens (including phenoxy) is 1. The summed E-state index contributed by atoms with van der Waals surface area (Å²) in [5.41, 5.74) is 0.498. The van der Waals surface area contributed by atoms with E-state index in [2.05, 4.69) is 31.4 Å². The number of amides is 3. The molecule has 4 unspecified atom stereocenters. The number of nitrogens with one attached hydrogen (secondary N) is 2. The molecule has 0 aromatic heterocycles. The Morgan fingerprint density at radius 2 is 1.59 bits per heavy atom. The number of phenolic OH excluding ortho intramolecular Hbond substituents is 1. The number of carbonyl (C=O) groups is 3. The Morgan fingerprint density at radius 3 is 2.08 bits per heavy atom. The van der Waals surface area contributed by atoms with Crippen LogP contribution in [0.3, 0.4) is 0 Å². The van der Waals surface area contributed by atoms with E-state index in [9.17, 15) is 19.5 Å². The first kappa shape index (κ1) is 34.3. The fraction of sp³-hybridized carbons (Fsp3) is 0.710. The van der Waals surface area contributed by atoms with Crippen LogP contribution in [-0.2, 0) is 14.3 Å². The molecule has 0 bridgehead atoms. The lowest BCUT2D eigenvalue weighted by atomic mass is 9.94. The second-order valence-electron chi connectivity index (χ2n) is 12.6. The maximum Gasteiger partial charge on any atom is 0.408 e. The van der Waals surface area contributed by atoms with Crippen LogP contribution in [-0.4, -0.2) is 51.6 Å². The minimum Gasteiger partial charge on any atom is -0.508 e. The summed E-state index contributed by atoms with van der Waals surface area (Å²) in [7, 11) is 0. The van der Waals surface area contributed by atoms with Crippen molar-refractivity contribution in [2.75, 3.05) is 0 Å². The first-order chi connectivity index (χ1) is 18.0. The number of aryl methyl sites for hydroxylation is 1. The zero-order valence-corrected chi connectivity index (χ0v) is 26.1. The normalized spacial score (nSPS) is 14.9. The van der Waals surface area contributed by atoms with Gasteiger partial charge in [0.2, 0.25) is 11.8 Å². The molecular weight excluding hydrogens is 494 g/mol. The Labute approximate surface area is 236 Å². The summed E-state index contributed by atoms with van der Waals surface area (Å²) in [6.45, 7) is 21.0. The molecule has 0 aliphatic heterocycles. The SMILES string of the molecule is CCCC(C)NC(=O)C(c1ccc(O)c(C)c1)N(C(=O)C(NC(=O)OC(C)(C)C)C(C)C)C(C)CCC(C)C. The van der Waals surface area contributed by atoms with Crippen molar-refractivity contribution < 1.29 is 24.2 Å². The third kappa shape index (κ3) is 11.1. The van der Waals surface area contributed by atoms with Crippen molar-refractivity contribution in [3.05, 3.63) is 29.3 Å². The Kier molecular flexibility index (Phi) is 13.3. The Hall–Kier alpha value is -2.77. The maximum absolute atomic E-state index is 14.4. The van der Waals surface area contributed by atoms with Crippen molar-refractivity contribution >= 4 is 17.9 Å². The molecule has 3 N–H and O–H groups in total. The molecule has 0 heterocycles. The summed E-state index contributed by atoms with van der Waals surface area (Å²) in [5.74, 6) is -0.353. The maximum atomic E-state index is 14.4. The van der Waals surface area contributed by atoms with Crippen molar-refractivity contribution in [1.82, 2.24) is 15.5 Å². The second-order valence-corrected chi connectivity index (χ2v) is 12.6. The van der Waals surface area contributed by atoms with Gasteiger partial charge in [0.15, 0.2) is 0 Å². The molecule has 8 nitrogen and oxygen atoms in total. The summed E-state index contributed by atoms with van der Waals surface area (Å²) in [6.07, 6.45) is 2.59. The highest BCUT2D eigenvalue weighted by molar-refractivity contribution is 5.92. The van der Waals surface area contributed by atoms with Crippen LogP contribution in [0.25, 0.3) is 0 Å². The van der Waals surface area contributed by atoms with Gasteiger partial charge in [-0.25, -0.2) is 4.79 Å². The van der Waals surface area contributed by atoms with Crippen LogP contribution < -0.4 is 10.6 Å². The summed E-state index contributed by atoms with van der Waals surface area (Å²) in [4.78, 5) is 42.7. The second kappa shape index (κ2) is 15.1. The van der Waals surface area contributed by atoms with Gasteiger partial charge in [-0.05, 0) is 95.9 Å². The van der Waals surface area contributed by atoms with Crippen LogP contribution in [0.5, 0.6) is 5.75 Å². The number of phenols is 1. The number of rotatable bonds is 13. The van der Waals surface area contributed by atoms with Crippen molar-refractivity contribution in [3.8, 4) is 5.75 Å². The van der Waals surface area contributed by atoms with Gasteiger partial charge in [-0.2, -0.15) is 0 Å². The van der Waals surface area contributed by atoms with Crippen LogP contribution in [0.1, 0.15) is 112 Å². The lowest BCUT2D eigenvalue weighted by Gasteiger charge is -2.40. The minimum atomic E-state index is -0.944. The van der Waals surface area contributed by atoms with Crippen molar-refractivity contribution in [2.45, 2.75) is 132 Å². The van der Waals surface area contributed by atoms with Gasteiger partial charge in [-0.3, -0.25) is 9.59 Å². The summed E-state index contributed by atoms with van der Waals surface area (Å²) in [5, 5.41) is 16.1. The van der Waals surface area contributed by atoms with Gasteiger partial charge in [0.1, 0.15) is 23.4 Å². The summed E-state index contributed by atoms with van der Waals surface area (Å²) in [6, 6.07) is 2.78. The molecular formula is C31H53N3O5. The molecule has 1 aromatic carbocycles. The van der Waals surface area contributed by atoms with Gasteiger partial charge in [-0.1, -0.05) is 47.1 Å². The fourth-order valence-corrected chi connectivity index (χ4v) is 4.54. The highest BCUT2D eigenvalue weighted by atomic mass is 16.6. The van der Waals surface area contributed by atoms with Gasteiger partial charge in [0, 0.05) is 12.1 Å². The highest BCUT2D eigenvalue weighted by Crippen LogP contribution is 2.31. The fourth-order valence-electron chi connectivity index (χ4n) is 4.54. The molecule has 39 heavy (non-hydrogen) atoms. The molecule has 0 fully saturated rings. The molecule has 3 amide bonds. The van der Waals surface area contributed by atoms with E-state index in [1.807, 2.05) is 27.7 Å². The topological polar surface area (TPSA) is 108 Å². The average Bonchev–Trinajstić information content (AvgIpc) is 2.79. The Bertz CT molecular complexity index is 954. The number of hydrogen-bond donors (Lipinski definition) is 3. The minimum absolute atomic E-state index is 0.0769. The van der Waals surface area contributed by atoms with Gasteiger partial charge in [0.25, 0.3) is 0 Å². The molecule has 0 spiro atoms. The lowest BCUT2D eigenvalue weighted by molar-refractivity contribution is -0.146. The average molecular weight is 548 g/mol. The van der Waals surface area contributed by atoms with E-state index in [1.165, 1.54) is 0 Å². The number of aromatic hydroxyl groups is 1.